The van der Waals surface area contributed by atoms with Crippen LogP contribution in [0, 0.1) is 0 Å². The molecule has 0 N–H and O–H groups in total. The van der Waals surface area contributed by atoms with E-state index in [-0.39, 0.29) is 5.91 Å². The number of anilines is 1. The van der Waals surface area contributed by atoms with Crippen molar-refractivity contribution in [1.29, 1.82) is 0 Å². The van der Waals surface area contributed by atoms with Gasteiger partial charge in [0.05, 0.1) is 25.0 Å². The lowest BCUT2D eigenvalue weighted by Crippen LogP contribution is -2.50. The van der Waals surface area contributed by atoms with Gasteiger partial charge in [0.1, 0.15) is 12.1 Å². The number of benzene rings is 1. The molecule has 1 aliphatic heterocycles. The molecule has 1 fully saturated rings. The zero-order valence-electron chi connectivity index (χ0n) is 15.5. The molecule has 0 spiro atoms. The van der Waals surface area contributed by atoms with Crippen LogP contribution in [0.5, 0.6) is 5.75 Å². The Morgan fingerprint density at radius 2 is 2.11 bits per heavy atom. The monoisotopic (exact) mass is 366 g/mol. The van der Waals surface area contributed by atoms with Crippen LogP contribution in [-0.2, 0) is 17.8 Å². The second-order valence-electron chi connectivity index (χ2n) is 6.56. The molecule has 1 aromatic carbocycles. The van der Waals surface area contributed by atoms with Crippen molar-refractivity contribution in [3.8, 4) is 5.75 Å². The fourth-order valence-electron chi connectivity index (χ4n) is 3.34. The van der Waals surface area contributed by atoms with Gasteiger partial charge in [-0.3, -0.25) is 4.79 Å². The van der Waals surface area contributed by atoms with Crippen LogP contribution < -0.4 is 9.64 Å². The molecule has 4 rings (SSSR count). The number of carbonyl (C=O) groups excluding carboxylic acids is 1. The summed E-state index contributed by atoms with van der Waals surface area (Å²) >= 11 is 0. The number of aromatic nitrogens is 4. The Kier molecular flexibility index (Phi) is 4.62. The van der Waals surface area contributed by atoms with Crippen LogP contribution in [0.1, 0.15) is 18.2 Å². The quantitative estimate of drug-likeness (QED) is 0.682. The minimum atomic E-state index is 0.0941. The van der Waals surface area contributed by atoms with Crippen LogP contribution in [-0.4, -0.2) is 57.4 Å². The maximum Gasteiger partial charge on any atom is 0.242 e. The van der Waals surface area contributed by atoms with Crippen molar-refractivity contribution in [2.75, 3.05) is 31.6 Å². The predicted octanol–water partition coefficient (Wildman–Crippen LogP) is 1.54. The lowest BCUT2D eigenvalue weighted by molar-refractivity contribution is -0.131. The summed E-state index contributed by atoms with van der Waals surface area (Å²) in [5.74, 6) is 0.897. The molecular weight excluding hydrogens is 344 g/mol. The summed E-state index contributed by atoms with van der Waals surface area (Å²) in [5.41, 5.74) is 3.60. The van der Waals surface area contributed by atoms with Gasteiger partial charge in [-0.05, 0) is 30.2 Å². The number of fused-ring (bicyclic) bond motifs is 1. The van der Waals surface area contributed by atoms with Crippen LogP contribution in [0.2, 0.25) is 0 Å². The van der Waals surface area contributed by atoms with Gasteiger partial charge in [-0.25, -0.2) is 0 Å². The van der Waals surface area contributed by atoms with Crippen LogP contribution in [0.15, 0.2) is 36.7 Å². The highest BCUT2D eigenvalue weighted by Crippen LogP contribution is 2.23. The molecule has 1 aliphatic rings. The smallest absolute Gasteiger partial charge is 0.242 e. The van der Waals surface area contributed by atoms with Crippen molar-refractivity contribution in [2.24, 2.45) is 0 Å². The maximum absolute atomic E-state index is 12.8. The van der Waals surface area contributed by atoms with Crippen molar-refractivity contribution >= 4 is 17.2 Å². The minimum Gasteiger partial charge on any atom is -0.497 e. The number of rotatable bonds is 5. The molecule has 1 saturated heterocycles. The van der Waals surface area contributed by atoms with E-state index in [2.05, 4.69) is 27.1 Å². The van der Waals surface area contributed by atoms with Crippen molar-refractivity contribution in [3.63, 3.8) is 0 Å². The summed E-state index contributed by atoms with van der Waals surface area (Å²) < 4.78 is 6.95. The van der Waals surface area contributed by atoms with E-state index in [0.717, 1.165) is 35.7 Å². The van der Waals surface area contributed by atoms with E-state index in [1.165, 1.54) is 0 Å². The molecule has 140 valence electrons. The van der Waals surface area contributed by atoms with Gasteiger partial charge in [-0.15, -0.1) is 10.2 Å². The number of carbonyl (C=O) groups is 1. The maximum atomic E-state index is 12.8. The molecule has 8 nitrogen and oxygen atoms in total. The Labute approximate surface area is 157 Å². The zero-order valence-corrected chi connectivity index (χ0v) is 15.5. The van der Waals surface area contributed by atoms with E-state index in [4.69, 9.17) is 4.74 Å². The molecule has 1 amide bonds. The number of nitrogens with zero attached hydrogens (tertiary/aromatic N) is 6. The largest absolute Gasteiger partial charge is 0.497 e. The van der Waals surface area contributed by atoms with Gasteiger partial charge in [-0.2, -0.15) is 9.61 Å². The van der Waals surface area contributed by atoms with E-state index in [1.54, 1.807) is 18.0 Å². The van der Waals surface area contributed by atoms with Gasteiger partial charge in [0, 0.05) is 19.6 Å². The lowest BCUT2D eigenvalue weighted by atomic mass is 10.1. The highest BCUT2D eigenvalue weighted by Gasteiger charge is 2.26. The third kappa shape index (κ3) is 3.42. The highest BCUT2D eigenvalue weighted by molar-refractivity contribution is 5.84. The molecule has 8 heteroatoms. The average molecular weight is 366 g/mol. The number of ether oxygens (including phenoxy) is 1. The number of hydrogen-bond donors (Lipinski definition) is 0. The molecule has 0 unspecified atom stereocenters. The Hall–Kier alpha value is -3.16. The summed E-state index contributed by atoms with van der Waals surface area (Å²) in [6.45, 7) is 4.35. The van der Waals surface area contributed by atoms with Crippen LogP contribution >= 0.6 is 0 Å². The fourth-order valence-corrected chi connectivity index (χ4v) is 3.34. The third-order valence-corrected chi connectivity index (χ3v) is 4.83. The molecule has 0 aliphatic carbocycles. The van der Waals surface area contributed by atoms with Gasteiger partial charge in [0.25, 0.3) is 0 Å². The predicted molar refractivity (Wildman–Crippen MR) is 101 cm³/mol. The van der Waals surface area contributed by atoms with E-state index in [1.807, 2.05) is 35.2 Å². The standard InChI is InChI=1S/C19H22N6O2/c1-3-15-10-17(19-21-20-13-25(19)22-15)23-7-8-24(18(26)12-23)11-14-5-4-6-16(9-14)27-2/h4-6,9-10,13H,3,7-8,11-12H2,1-2H3. The molecule has 3 heterocycles. The summed E-state index contributed by atoms with van der Waals surface area (Å²) in [4.78, 5) is 16.7. The van der Waals surface area contributed by atoms with Crippen molar-refractivity contribution in [2.45, 2.75) is 19.9 Å². The fraction of sp³-hybridized carbons (Fsp3) is 0.368. The topological polar surface area (TPSA) is 75.9 Å². The number of piperazine rings is 1. The lowest BCUT2D eigenvalue weighted by Gasteiger charge is -2.35. The van der Waals surface area contributed by atoms with Gasteiger partial charge >= 0.3 is 0 Å². The number of methoxy groups -OCH3 is 1. The number of aryl methyl sites for hydroxylation is 1. The van der Waals surface area contributed by atoms with Crippen molar-refractivity contribution in [3.05, 3.63) is 47.9 Å². The van der Waals surface area contributed by atoms with Crippen molar-refractivity contribution in [1.82, 2.24) is 24.7 Å². The third-order valence-electron chi connectivity index (χ3n) is 4.83. The summed E-state index contributed by atoms with van der Waals surface area (Å²) in [6.07, 6.45) is 2.41. The van der Waals surface area contributed by atoms with Crippen LogP contribution in [0.4, 0.5) is 5.69 Å². The Morgan fingerprint density at radius 3 is 2.89 bits per heavy atom. The Morgan fingerprint density at radius 1 is 1.22 bits per heavy atom. The first-order valence-electron chi connectivity index (χ1n) is 9.03. The molecule has 0 atom stereocenters. The molecule has 0 saturated carbocycles. The molecule has 3 aromatic rings. The molecular formula is C19H22N6O2. The van der Waals surface area contributed by atoms with E-state index < -0.39 is 0 Å². The normalized spacial score (nSPS) is 14.8. The first-order valence-corrected chi connectivity index (χ1v) is 9.03. The van der Waals surface area contributed by atoms with Gasteiger partial charge < -0.3 is 14.5 Å². The first-order chi connectivity index (χ1) is 13.2. The highest BCUT2D eigenvalue weighted by atomic mass is 16.5. The summed E-state index contributed by atoms with van der Waals surface area (Å²) in [6, 6.07) is 9.84. The van der Waals surface area contributed by atoms with Gasteiger partial charge in [0.15, 0.2) is 0 Å². The second-order valence-corrected chi connectivity index (χ2v) is 6.56. The molecule has 27 heavy (non-hydrogen) atoms. The van der Waals surface area contributed by atoms with E-state index >= 15 is 0 Å². The number of hydrogen-bond acceptors (Lipinski definition) is 6. The molecule has 0 radical (unpaired) electrons. The van der Waals surface area contributed by atoms with E-state index in [0.29, 0.717) is 25.3 Å². The van der Waals surface area contributed by atoms with Gasteiger partial charge in [0.2, 0.25) is 11.6 Å². The Bertz CT molecular complexity index is 970. The SMILES string of the molecule is CCc1cc(N2CCN(Cc3cccc(OC)c3)C(=O)C2)c2nncn2n1. The van der Waals surface area contributed by atoms with Crippen LogP contribution in [0.25, 0.3) is 5.65 Å². The first kappa shape index (κ1) is 17.3. The molecule has 2 aromatic heterocycles. The minimum absolute atomic E-state index is 0.0941. The Balaban J connectivity index is 1.52. The van der Waals surface area contributed by atoms with Gasteiger partial charge in [-0.1, -0.05) is 19.1 Å². The van der Waals surface area contributed by atoms with Crippen LogP contribution in [0.3, 0.4) is 0 Å². The summed E-state index contributed by atoms with van der Waals surface area (Å²) in [5, 5.41) is 12.6. The average Bonchev–Trinajstić information content (AvgIpc) is 3.17. The number of amides is 1. The summed E-state index contributed by atoms with van der Waals surface area (Å²) in [7, 11) is 1.65. The van der Waals surface area contributed by atoms with E-state index in [9.17, 15) is 4.79 Å². The van der Waals surface area contributed by atoms with Crippen molar-refractivity contribution < 1.29 is 9.53 Å². The zero-order chi connectivity index (χ0) is 18.8. The second kappa shape index (κ2) is 7.22. The molecule has 0 bridgehead atoms.